The van der Waals surface area contributed by atoms with E-state index in [-0.39, 0.29) is 31.0 Å². The normalized spacial score (nSPS) is 20.8. The summed E-state index contributed by atoms with van der Waals surface area (Å²) in [7, 11) is 3.07. The molecule has 0 bridgehead atoms. The Balaban J connectivity index is 0.00000288. The van der Waals surface area contributed by atoms with E-state index in [0.717, 1.165) is 6.42 Å². The average Bonchev–Trinajstić information content (AvgIpc) is 3.08. The molecule has 1 aliphatic heterocycles. The van der Waals surface area contributed by atoms with E-state index in [1.807, 2.05) is 0 Å². The van der Waals surface area contributed by atoms with Crippen LogP contribution in [0.25, 0.3) is 0 Å². The summed E-state index contributed by atoms with van der Waals surface area (Å²) in [6.45, 7) is 0.475. The quantitative estimate of drug-likeness (QED) is 0.664. The Kier molecular flexibility index (Phi) is 8.27. The summed E-state index contributed by atoms with van der Waals surface area (Å²) in [6, 6.07) is 5.14. The van der Waals surface area contributed by atoms with E-state index in [1.165, 1.54) is 7.11 Å². The van der Waals surface area contributed by atoms with E-state index in [0.29, 0.717) is 30.0 Å². The zero-order chi connectivity index (χ0) is 16.8. The highest BCUT2D eigenvalue weighted by Gasteiger charge is 2.30. The summed E-state index contributed by atoms with van der Waals surface area (Å²) in [5, 5.41) is 13.0. The maximum Gasteiger partial charge on any atom is 0.249 e. The average molecular weight is 361 g/mol. The van der Waals surface area contributed by atoms with Crippen molar-refractivity contribution < 1.29 is 24.1 Å². The van der Waals surface area contributed by atoms with Crippen molar-refractivity contribution in [3.05, 3.63) is 23.8 Å². The van der Waals surface area contributed by atoms with Gasteiger partial charge in [0.1, 0.15) is 17.6 Å². The van der Waals surface area contributed by atoms with Crippen LogP contribution in [0.2, 0.25) is 0 Å². The number of halogens is 1. The van der Waals surface area contributed by atoms with E-state index in [9.17, 15) is 9.90 Å². The van der Waals surface area contributed by atoms with Gasteiger partial charge in [-0.15, -0.1) is 12.4 Å². The number of nitrogens with two attached hydrogens (primary N) is 1. The molecule has 1 unspecified atom stereocenters. The topological polar surface area (TPSA) is 103 Å². The molecular weight excluding hydrogens is 336 g/mol. The van der Waals surface area contributed by atoms with Crippen LogP contribution in [0.5, 0.6) is 11.5 Å². The van der Waals surface area contributed by atoms with Gasteiger partial charge in [-0.05, 0) is 31.0 Å². The van der Waals surface area contributed by atoms with Crippen molar-refractivity contribution in [1.82, 2.24) is 5.32 Å². The SMILES string of the molecule is COc1ccc(OC)c(C(O)CNC(=O)[C@@H]2CC[C@H](CN)O2)c1.Cl. The molecule has 7 nitrogen and oxygen atoms in total. The van der Waals surface area contributed by atoms with Crippen molar-refractivity contribution in [1.29, 1.82) is 0 Å². The van der Waals surface area contributed by atoms with Crippen LogP contribution in [0, 0.1) is 0 Å². The maximum absolute atomic E-state index is 12.1. The number of aliphatic hydroxyl groups is 1. The van der Waals surface area contributed by atoms with Gasteiger partial charge in [-0.25, -0.2) is 0 Å². The molecule has 0 radical (unpaired) electrons. The van der Waals surface area contributed by atoms with Crippen molar-refractivity contribution >= 4 is 18.3 Å². The predicted octanol–water partition coefficient (Wildman–Crippen LogP) is 0.781. The summed E-state index contributed by atoms with van der Waals surface area (Å²) in [6.07, 6.45) is -0.0413. The monoisotopic (exact) mass is 360 g/mol. The van der Waals surface area contributed by atoms with Crippen LogP contribution in [0.3, 0.4) is 0 Å². The van der Waals surface area contributed by atoms with E-state index < -0.39 is 12.2 Å². The number of hydrogen-bond donors (Lipinski definition) is 3. The van der Waals surface area contributed by atoms with Crippen LogP contribution < -0.4 is 20.5 Å². The molecule has 1 heterocycles. The molecule has 1 fully saturated rings. The van der Waals surface area contributed by atoms with Crippen LogP contribution in [0.15, 0.2) is 18.2 Å². The molecule has 24 heavy (non-hydrogen) atoms. The smallest absolute Gasteiger partial charge is 0.249 e. The van der Waals surface area contributed by atoms with Crippen molar-refractivity contribution in [2.75, 3.05) is 27.3 Å². The van der Waals surface area contributed by atoms with Crippen molar-refractivity contribution in [3.8, 4) is 11.5 Å². The fraction of sp³-hybridized carbons (Fsp3) is 0.562. The first-order valence-electron chi connectivity index (χ1n) is 7.62. The molecule has 0 aromatic heterocycles. The number of aliphatic hydroxyl groups excluding tert-OH is 1. The van der Waals surface area contributed by atoms with E-state index in [2.05, 4.69) is 5.32 Å². The van der Waals surface area contributed by atoms with Gasteiger partial charge in [-0.1, -0.05) is 0 Å². The Morgan fingerprint density at radius 2 is 2.17 bits per heavy atom. The van der Waals surface area contributed by atoms with Gasteiger partial charge in [0, 0.05) is 18.7 Å². The molecule has 8 heteroatoms. The van der Waals surface area contributed by atoms with Gasteiger partial charge in [0.25, 0.3) is 0 Å². The minimum Gasteiger partial charge on any atom is -0.497 e. The molecular formula is C16H25ClN2O5. The molecule has 1 aromatic rings. The second kappa shape index (κ2) is 9.68. The lowest BCUT2D eigenvalue weighted by atomic mass is 10.1. The lowest BCUT2D eigenvalue weighted by molar-refractivity contribution is -0.132. The molecule has 0 saturated carbocycles. The summed E-state index contributed by atoms with van der Waals surface area (Å²) < 4.78 is 15.9. The fourth-order valence-electron chi connectivity index (χ4n) is 2.59. The number of amides is 1. The summed E-state index contributed by atoms with van der Waals surface area (Å²) in [4.78, 5) is 12.1. The molecule has 1 saturated heterocycles. The number of benzene rings is 1. The highest BCUT2D eigenvalue weighted by atomic mass is 35.5. The summed E-state index contributed by atoms with van der Waals surface area (Å²) >= 11 is 0. The Labute approximate surface area is 147 Å². The molecule has 0 aliphatic carbocycles. The third kappa shape index (κ3) is 4.98. The lowest BCUT2D eigenvalue weighted by Gasteiger charge is -2.18. The number of carbonyl (C=O) groups excluding carboxylic acids is 1. The zero-order valence-corrected chi connectivity index (χ0v) is 14.7. The summed E-state index contributed by atoms with van der Waals surface area (Å²) in [5.41, 5.74) is 6.09. The predicted molar refractivity (Wildman–Crippen MR) is 91.7 cm³/mol. The number of methoxy groups -OCH3 is 2. The minimum atomic E-state index is -0.907. The van der Waals surface area contributed by atoms with Gasteiger partial charge in [-0.2, -0.15) is 0 Å². The lowest BCUT2D eigenvalue weighted by Crippen LogP contribution is -2.37. The second-order valence-electron chi connectivity index (χ2n) is 5.43. The molecule has 1 aromatic carbocycles. The molecule has 1 aliphatic rings. The van der Waals surface area contributed by atoms with E-state index >= 15 is 0 Å². The largest absolute Gasteiger partial charge is 0.497 e. The van der Waals surface area contributed by atoms with Gasteiger partial charge >= 0.3 is 0 Å². The van der Waals surface area contributed by atoms with Gasteiger partial charge in [0.15, 0.2) is 0 Å². The standard InChI is InChI=1S/C16H24N2O5.ClH/c1-21-10-3-5-14(22-2)12(7-10)13(19)9-18-16(20)15-6-4-11(8-17)23-15;/h3,5,7,11,13,15,19H,4,6,8-9,17H2,1-2H3,(H,18,20);1H/t11-,13?,15+;/m1./s1. The van der Waals surface area contributed by atoms with Crippen LogP contribution in [0.4, 0.5) is 0 Å². The first kappa shape index (κ1) is 20.5. The minimum absolute atomic E-state index is 0. The summed E-state index contributed by atoms with van der Waals surface area (Å²) in [5.74, 6) is 0.908. The van der Waals surface area contributed by atoms with Crippen LogP contribution in [-0.2, 0) is 9.53 Å². The molecule has 1 amide bonds. The van der Waals surface area contributed by atoms with Crippen molar-refractivity contribution in [3.63, 3.8) is 0 Å². The number of ether oxygens (including phenoxy) is 3. The van der Waals surface area contributed by atoms with Gasteiger partial charge in [0.2, 0.25) is 5.91 Å². The third-order valence-electron chi connectivity index (χ3n) is 3.93. The zero-order valence-electron chi connectivity index (χ0n) is 13.9. The molecule has 136 valence electrons. The van der Waals surface area contributed by atoms with Gasteiger partial charge in [-0.3, -0.25) is 4.79 Å². The first-order chi connectivity index (χ1) is 11.1. The Morgan fingerprint density at radius 3 is 2.75 bits per heavy atom. The van der Waals surface area contributed by atoms with Crippen molar-refractivity contribution in [2.24, 2.45) is 5.73 Å². The third-order valence-corrected chi connectivity index (χ3v) is 3.93. The Morgan fingerprint density at radius 1 is 1.42 bits per heavy atom. The highest BCUT2D eigenvalue weighted by molar-refractivity contribution is 5.85. The van der Waals surface area contributed by atoms with Crippen LogP contribution in [0.1, 0.15) is 24.5 Å². The van der Waals surface area contributed by atoms with Gasteiger partial charge in [0.05, 0.1) is 26.4 Å². The van der Waals surface area contributed by atoms with Crippen molar-refractivity contribution in [2.45, 2.75) is 31.2 Å². The number of carbonyl (C=O) groups is 1. The van der Waals surface area contributed by atoms with E-state index in [1.54, 1.807) is 25.3 Å². The molecule has 3 atom stereocenters. The molecule has 0 spiro atoms. The first-order valence-corrected chi connectivity index (χ1v) is 7.62. The number of rotatable bonds is 7. The Hall–Kier alpha value is -1.54. The Bertz CT molecular complexity index is 543. The van der Waals surface area contributed by atoms with E-state index in [4.69, 9.17) is 19.9 Å². The van der Waals surface area contributed by atoms with Crippen LogP contribution in [-0.4, -0.2) is 50.5 Å². The highest BCUT2D eigenvalue weighted by Crippen LogP contribution is 2.29. The van der Waals surface area contributed by atoms with Gasteiger partial charge < -0.3 is 30.4 Å². The number of hydrogen-bond acceptors (Lipinski definition) is 6. The molecule has 2 rings (SSSR count). The second-order valence-corrected chi connectivity index (χ2v) is 5.43. The fourth-order valence-corrected chi connectivity index (χ4v) is 2.59. The van der Waals surface area contributed by atoms with Crippen LogP contribution >= 0.6 is 12.4 Å². The number of nitrogens with one attached hydrogen (secondary N) is 1. The maximum atomic E-state index is 12.1. The molecule has 4 N–H and O–H groups in total.